The zero-order chi connectivity index (χ0) is 13.7. The van der Waals surface area contributed by atoms with Gasteiger partial charge < -0.3 is 15.8 Å². The van der Waals surface area contributed by atoms with Crippen LogP contribution < -0.4 is 11.1 Å². The van der Waals surface area contributed by atoms with Crippen molar-refractivity contribution in [2.45, 2.75) is 13.3 Å². The second kappa shape index (κ2) is 6.88. The molecule has 2 rings (SSSR count). The maximum atomic E-state index is 11.3. The van der Waals surface area contributed by atoms with E-state index in [4.69, 9.17) is 10.5 Å². The molecule has 0 radical (unpaired) electrons. The maximum absolute atomic E-state index is 11.3. The molecule has 0 saturated carbocycles. The highest BCUT2D eigenvalue weighted by atomic mass is 32.1. The van der Waals surface area contributed by atoms with Crippen molar-refractivity contribution in [3.05, 3.63) is 10.9 Å². The number of nitrogens with two attached hydrogens (primary N) is 1. The Balaban J connectivity index is 1.70. The standard InChI is InChI=1S/C13H21N3O2S/c1-10(17)13-11(14)9-12(19-13)15-3-2-4-16-5-7-18-8-6-16/h9,15H,2-8,14H2,1H3. The molecule has 0 atom stereocenters. The normalized spacial score (nSPS) is 16.5. The Kier molecular flexibility index (Phi) is 5.18. The lowest BCUT2D eigenvalue weighted by Gasteiger charge is -2.26. The summed E-state index contributed by atoms with van der Waals surface area (Å²) in [5, 5.41) is 4.31. The summed E-state index contributed by atoms with van der Waals surface area (Å²) >= 11 is 1.43. The summed E-state index contributed by atoms with van der Waals surface area (Å²) in [6.45, 7) is 7.27. The first-order valence-corrected chi connectivity index (χ1v) is 7.42. The van der Waals surface area contributed by atoms with Gasteiger partial charge in [-0.25, -0.2) is 0 Å². The topological polar surface area (TPSA) is 67.6 Å². The molecule has 0 amide bonds. The molecule has 19 heavy (non-hydrogen) atoms. The number of ether oxygens (including phenoxy) is 1. The van der Waals surface area contributed by atoms with E-state index in [2.05, 4.69) is 10.2 Å². The predicted molar refractivity (Wildman–Crippen MR) is 79.1 cm³/mol. The molecule has 3 N–H and O–H groups in total. The Hall–Kier alpha value is -1.11. The van der Waals surface area contributed by atoms with Gasteiger partial charge in [-0.3, -0.25) is 9.69 Å². The minimum absolute atomic E-state index is 0.0314. The second-order valence-corrected chi connectivity index (χ2v) is 5.74. The minimum Gasteiger partial charge on any atom is -0.397 e. The molecule has 0 aromatic carbocycles. The summed E-state index contributed by atoms with van der Waals surface area (Å²) in [6.07, 6.45) is 1.08. The molecular weight excluding hydrogens is 262 g/mol. The molecule has 1 saturated heterocycles. The Labute approximate surface area is 117 Å². The van der Waals surface area contributed by atoms with Crippen molar-refractivity contribution in [2.24, 2.45) is 0 Å². The highest BCUT2D eigenvalue weighted by Gasteiger charge is 2.11. The number of ketones is 1. The summed E-state index contributed by atoms with van der Waals surface area (Å²) in [7, 11) is 0. The average molecular weight is 283 g/mol. The molecule has 1 aromatic rings. The first-order chi connectivity index (χ1) is 9.16. The van der Waals surface area contributed by atoms with Gasteiger partial charge in [-0.1, -0.05) is 0 Å². The number of hydrogen-bond donors (Lipinski definition) is 2. The highest BCUT2D eigenvalue weighted by Crippen LogP contribution is 2.29. The molecule has 1 aliphatic heterocycles. The number of carbonyl (C=O) groups is 1. The number of hydrogen-bond acceptors (Lipinski definition) is 6. The molecule has 2 heterocycles. The first-order valence-electron chi connectivity index (χ1n) is 6.61. The third-order valence-electron chi connectivity index (χ3n) is 3.13. The van der Waals surface area contributed by atoms with Gasteiger partial charge in [-0.05, 0) is 19.0 Å². The fourth-order valence-electron chi connectivity index (χ4n) is 2.11. The Morgan fingerprint density at radius 1 is 1.53 bits per heavy atom. The van der Waals surface area contributed by atoms with Gasteiger partial charge in [0, 0.05) is 26.6 Å². The first kappa shape index (κ1) is 14.3. The molecule has 1 aromatic heterocycles. The highest BCUT2D eigenvalue weighted by molar-refractivity contribution is 7.18. The zero-order valence-electron chi connectivity index (χ0n) is 11.3. The SMILES string of the molecule is CC(=O)c1sc(NCCCN2CCOCC2)cc1N. The van der Waals surface area contributed by atoms with Crippen LogP contribution in [0.25, 0.3) is 0 Å². The second-order valence-electron chi connectivity index (χ2n) is 4.69. The molecule has 6 heteroatoms. The Morgan fingerprint density at radius 3 is 2.89 bits per heavy atom. The van der Waals surface area contributed by atoms with Gasteiger partial charge in [0.05, 0.1) is 28.8 Å². The molecule has 5 nitrogen and oxygen atoms in total. The summed E-state index contributed by atoms with van der Waals surface area (Å²) in [5.74, 6) is 0.0314. The Morgan fingerprint density at radius 2 is 2.26 bits per heavy atom. The van der Waals surface area contributed by atoms with Crippen LogP contribution in [0.1, 0.15) is 23.0 Å². The number of anilines is 2. The lowest BCUT2D eigenvalue weighted by molar-refractivity contribution is 0.0378. The van der Waals surface area contributed by atoms with Crippen molar-refractivity contribution >= 4 is 27.8 Å². The van der Waals surface area contributed by atoms with Gasteiger partial charge in [0.2, 0.25) is 0 Å². The third kappa shape index (κ3) is 4.19. The number of thiophene rings is 1. The molecule has 0 aliphatic carbocycles. The van der Waals surface area contributed by atoms with E-state index in [-0.39, 0.29) is 5.78 Å². The van der Waals surface area contributed by atoms with Crippen LogP contribution in [0.5, 0.6) is 0 Å². The molecule has 0 unspecified atom stereocenters. The monoisotopic (exact) mass is 283 g/mol. The van der Waals surface area contributed by atoms with Gasteiger partial charge in [0.1, 0.15) is 0 Å². The molecule has 1 aliphatic rings. The summed E-state index contributed by atoms with van der Waals surface area (Å²) in [4.78, 5) is 14.4. The van der Waals surface area contributed by atoms with E-state index < -0.39 is 0 Å². The number of Topliss-reactive ketones (excluding diaryl/α,β-unsaturated/α-hetero) is 1. The molecule has 1 fully saturated rings. The van der Waals surface area contributed by atoms with Gasteiger partial charge >= 0.3 is 0 Å². The van der Waals surface area contributed by atoms with Crippen LogP contribution in [0.2, 0.25) is 0 Å². The van der Waals surface area contributed by atoms with Gasteiger partial charge in [0.15, 0.2) is 5.78 Å². The number of carbonyl (C=O) groups excluding carboxylic acids is 1. The predicted octanol–water partition coefficient (Wildman–Crippen LogP) is 1.67. The fourth-order valence-corrected chi connectivity index (χ4v) is 3.01. The largest absolute Gasteiger partial charge is 0.397 e. The van der Waals surface area contributed by atoms with E-state index in [0.29, 0.717) is 10.6 Å². The summed E-state index contributed by atoms with van der Waals surface area (Å²) < 4.78 is 5.31. The van der Waals surface area contributed by atoms with Crippen molar-refractivity contribution in [2.75, 3.05) is 50.4 Å². The molecular formula is C13H21N3O2S. The quantitative estimate of drug-likeness (QED) is 0.614. The lowest BCUT2D eigenvalue weighted by Crippen LogP contribution is -2.37. The molecule has 106 valence electrons. The van der Waals surface area contributed by atoms with E-state index in [9.17, 15) is 4.79 Å². The molecule has 0 bridgehead atoms. The van der Waals surface area contributed by atoms with E-state index in [0.717, 1.165) is 50.8 Å². The van der Waals surface area contributed by atoms with E-state index >= 15 is 0 Å². The number of nitrogens with zero attached hydrogens (tertiary/aromatic N) is 1. The van der Waals surface area contributed by atoms with Gasteiger partial charge in [-0.2, -0.15) is 0 Å². The lowest BCUT2D eigenvalue weighted by atomic mass is 10.3. The number of rotatable bonds is 6. The summed E-state index contributed by atoms with van der Waals surface area (Å²) in [6, 6.07) is 1.84. The fraction of sp³-hybridized carbons (Fsp3) is 0.615. The molecule has 0 spiro atoms. The van der Waals surface area contributed by atoms with Crippen molar-refractivity contribution in [3.8, 4) is 0 Å². The van der Waals surface area contributed by atoms with E-state index in [1.807, 2.05) is 6.07 Å². The smallest absolute Gasteiger partial charge is 0.171 e. The van der Waals surface area contributed by atoms with Gasteiger partial charge in [-0.15, -0.1) is 11.3 Å². The van der Waals surface area contributed by atoms with Crippen LogP contribution in [0, 0.1) is 0 Å². The number of morpholine rings is 1. The van der Waals surface area contributed by atoms with Crippen LogP contribution in [-0.2, 0) is 4.74 Å². The van der Waals surface area contributed by atoms with E-state index in [1.54, 1.807) is 6.92 Å². The zero-order valence-corrected chi connectivity index (χ0v) is 12.1. The van der Waals surface area contributed by atoms with Crippen LogP contribution in [0.15, 0.2) is 6.07 Å². The third-order valence-corrected chi connectivity index (χ3v) is 4.34. The van der Waals surface area contributed by atoms with Crippen LogP contribution in [-0.4, -0.2) is 50.1 Å². The Bertz CT molecular complexity index is 428. The summed E-state index contributed by atoms with van der Waals surface area (Å²) in [5.41, 5.74) is 6.37. The van der Waals surface area contributed by atoms with Crippen LogP contribution in [0.4, 0.5) is 10.7 Å². The average Bonchev–Trinajstić information content (AvgIpc) is 2.77. The van der Waals surface area contributed by atoms with Gasteiger partial charge in [0.25, 0.3) is 0 Å². The van der Waals surface area contributed by atoms with Crippen LogP contribution in [0.3, 0.4) is 0 Å². The number of nitrogen functional groups attached to an aromatic ring is 1. The number of nitrogens with one attached hydrogen (secondary N) is 1. The van der Waals surface area contributed by atoms with Crippen molar-refractivity contribution in [1.82, 2.24) is 4.90 Å². The maximum Gasteiger partial charge on any atom is 0.171 e. The van der Waals surface area contributed by atoms with Crippen LogP contribution >= 0.6 is 11.3 Å². The van der Waals surface area contributed by atoms with Crippen molar-refractivity contribution in [3.63, 3.8) is 0 Å². The minimum atomic E-state index is 0.0314. The van der Waals surface area contributed by atoms with E-state index in [1.165, 1.54) is 11.3 Å². The van der Waals surface area contributed by atoms with Crippen molar-refractivity contribution < 1.29 is 9.53 Å². The van der Waals surface area contributed by atoms with Crippen molar-refractivity contribution in [1.29, 1.82) is 0 Å².